The summed E-state index contributed by atoms with van der Waals surface area (Å²) in [7, 11) is 0. The third-order valence-corrected chi connectivity index (χ3v) is 6.25. The third kappa shape index (κ3) is 3.59. The quantitative estimate of drug-likeness (QED) is 0.483. The number of oxime groups is 1. The SMILES string of the molecule is CC(=O)N1c2ccccc2Sc2ccc(C(CN3CCCCC3)=NO)cc21. The van der Waals surface area contributed by atoms with Gasteiger partial charge < -0.3 is 5.21 Å². The van der Waals surface area contributed by atoms with Crippen molar-refractivity contribution in [1.82, 2.24) is 4.90 Å². The molecule has 1 saturated heterocycles. The Bertz CT molecular complexity index is 891. The van der Waals surface area contributed by atoms with Crippen LogP contribution in [0.3, 0.4) is 0 Å². The predicted molar refractivity (Wildman–Crippen MR) is 108 cm³/mol. The van der Waals surface area contributed by atoms with Crippen molar-refractivity contribution in [3.8, 4) is 0 Å². The Kier molecular flexibility index (Phi) is 5.18. The van der Waals surface area contributed by atoms with Gasteiger partial charge in [0, 0.05) is 28.8 Å². The van der Waals surface area contributed by atoms with E-state index < -0.39 is 0 Å². The van der Waals surface area contributed by atoms with Crippen LogP contribution in [0, 0.1) is 0 Å². The second-order valence-corrected chi connectivity index (χ2v) is 8.07. The Morgan fingerprint density at radius 2 is 1.81 bits per heavy atom. The van der Waals surface area contributed by atoms with Crippen molar-refractivity contribution in [2.75, 3.05) is 24.5 Å². The number of rotatable bonds is 3. The molecule has 5 nitrogen and oxygen atoms in total. The van der Waals surface area contributed by atoms with Crippen LogP contribution < -0.4 is 4.90 Å². The maximum absolute atomic E-state index is 12.4. The van der Waals surface area contributed by atoms with Gasteiger partial charge in [0.2, 0.25) is 5.91 Å². The summed E-state index contributed by atoms with van der Waals surface area (Å²) >= 11 is 1.66. The Hall–Kier alpha value is -2.31. The van der Waals surface area contributed by atoms with E-state index in [4.69, 9.17) is 0 Å². The molecule has 0 radical (unpaired) electrons. The number of likely N-dealkylation sites (tertiary alicyclic amines) is 1. The number of para-hydroxylation sites is 1. The molecule has 0 atom stereocenters. The molecule has 2 heterocycles. The standard InChI is InChI=1S/C21H23N3O2S/c1-15(25)24-18-7-3-4-8-20(18)27-21-10-9-16(13-19(21)24)17(22-26)14-23-11-5-2-6-12-23/h3-4,7-10,13,26H,2,5-6,11-12,14H2,1H3. The van der Waals surface area contributed by atoms with Crippen molar-refractivity contribution < 1.29 is 10.0 Å². The first kappa shape index (κ1) is 18.1. The number of piperidine rings is 1. The summed E-state index contributed by atoms with van der Waals surface area (Å²) in [5, 5.41) is 13.2. The molecule has 0 aromatic heterocycles. The average molecular weight is 382 g/mol. The summed E-state index contributed by atoms with van der Waals surface area (Å²) in [6.07, 6.45) is 3.65. The van der Waals surface area contributed by atoms with Crippen LogP contribution in [0.25, 0.3) is 0 Å². The molecule has 2 aliphatic rings. The lowest BCUT2D eigenvalue weighted by molar-refractivity contribution is -0.115. The van der Waals surface area contributed by atoms with E-state index in [2.05, 4.69) is 10.1 Å². The molecule has 0 spiro atoms. The molecular formula is C21H23N3O2S. The second-order valence-electron chi connectivity index (χ2n) is 6.99. The number of hydrogen-bond donors (Lipinski definition) is 1. The summed E-state index contributed by atoms with van der Waals surface area (Å²) in [5.41, 5.74) is 3.25. The van der Waals surface area contributed by atoms with Crippen molar-refractivity contribution in [1.29, 1.82) is 0 Å². The summed E-state index contributed by atoms with van der Waals surface area (Å²) in [6, 6.07) is 13.9. The number of amides is 1. The van der Waals surface area contributed by atoms with Crippen molar-refractivity contribution in [3.63, 3.8) is 0 Å². The van der Waals surface area contributed by atoms with Gasteiger partial charge in [-0.05, 0) is 50.2 Å². The summed E-state index contributed by atoms with van der Waals surface area (Å²) in [5.74, 6) is -0.0281. The number of carbonyl (C=O) groups excluding carboxylic acids is 1. The lowest BCUT2D eigenvalue weighted by Gasteiger charge is -2.31. The Labute approximate surface area is 163 Å². The minimum Gasteiger partial charge on any atom is -0.411 e. The van der Waals surface area contributed by atoms with Crippen LogP contribution >= 0.6 is 11.8 Å². The van der Waals surface area contributed by atoms with Gasteiger partial charge in [-0.25, -0.2) is 0 Å². The first-order chi connectivity index (χ1) is 13.2. The minimum atomic E-state index is -0.0281. The van der Waals surface area contributed by atoms with Gasteiger partial charge in [-0.2, -0.15) is 0 Å². The smallest absolute Gasteiger partial charge is 0.228 e. The minimum absolute atomic E-state index is 0.0281. The molecule has 1 fully saturated rings. The van der Waals surface area contributed by atoms with E-state index >= 15 is 0 Å². The third-order valence-electron chi connectivity index (χ3n) is 5.12. The van der Waals surface area contributed by atoms with Crippen LogP contribution in [0.4, 0.5) is 11.4 Å². The molecule has 2 aromatic carbocycles. The van der Waals surface area contributed by atoms with Gasteiger partial charge in [-0.1, -0.05) is 41.5 Å². The zero-order chi connectivity index (χ0) is 18.8. The van der Waals surface area contributed by atoms with E-state index in [1.807, 2.05) is 42.5 Å². The molecule has 4 rings (SSSR count). The number of nitrogens with zero attached hydrogens (tertiary/aromatic N) is 3. The van der Waals surface area contributed by atoms with Crippen molar-refractivity contribution >= 4 is 34.8 Å². The summed E-state index contributed by atoms with van der Waals surface area (Å²) in [6.45, 7) is 4.27. The molecule has 2 aromatic rings. The first-order valence-electron chi connectivity index (χ1n) is 9.32. The van der Waals surface area contributed by atoms with E-state index in [0.29, 0.717) is 12.3 Å². The van der Waals surface area contributed by atoms with Crippen LogP contribution in [0.1, 0.15) is 31.7 Å². The van der Waals surface area contributed by atoms with Crippen LogP contribution in [0.2, 0.25) is 0 Å². The van der Waals surface area contributed by atoms with E-state index in [9.17, 15) is 10.0 Å². The lowest BCUT2D eigenvalue weighted by atomic mass is 10.1. The first-order valence-corrected chi connectivity index (χ1v) is 10.1. The summed E-state index contributed by atoms with van der Waals surface area (Å²) < 4.78 is 0. The van der Waals surface area contributed by atoms with Gasteiger partial charge in [0.05, 0.1) is 11.4 Å². The monoisotopic (exact) mass is 381 g/mol. The van der Waals surface area contributed by atoms with Crippen LogP contribution in [-0.2, 0) is 4.79 Å². The predicted octanol–water partition coefficient (Wildman–Crippen LogP) is 4.50. The lowest BCUT2D eigenvalue weighted by Crippen LogP contribution is -2.35. The fourth-order valence-corrected chi connectivity index (χ4v) is 4.82. The maximum Gasteiger partial charge on any atom is 0.228 e. The highest BCUT2D eigenvalue weighted by Crippen LogP contribution is 2.48. The van der Waals surface area contributed by atoms with Crippen molar-refractivity contribution in [2.45, 2.75) is 36.0 Å². The average Bonchev–Trinajstić information content (AvgIpc) is 2.70. The van der Waals surface area contributed by atoms with Crippen LogP contribution in [0.5, 0.6) is 0 Å². The normalized spacial score (nSPS) is 17.4. The number of fused-ring (bicyclic) bond motifs is 2. The van der Waals surface area contributed by atoms with Gasteiger partial charge in [-0.3, -0.25) is 14.6 Å². The highest BCUT2D eigenvalue weighted by Gasteiger charge is 2.27. The van der Waals surface area contributed by atoms with Crippen molar-refractivity contribution in [3.05, 3.63) is 48.0 Å². The number of benzene rings is 2. The van der Waals surface area contributed by atoms with E-state index in [0.717, 1.165) is 39.8 Å². The second kappa shape index (κ2) is 7.74. The number of anilines is 2. The highest BCUT2D eigenvalue weighted by atomic mass is 32.2. The largest absolute Gasteiger partial charge is 0.411 e. The number of hydrogen-bond acceptors (Lipinski definition) is 5. The molecule has 0 bridgehead atoms. The Morgan fingerprint density at radius 1 is 1.07 bits per heavy atom. The summed E-state index contributed by atoms with van der Waals surface area (Å²) in [4.78, 5) is 18.6. The van der Waals surface area contributed by atoms with Crippen LogP contribution in [-0.4, -0.2) is 41.4 Å². The van der Waals surface area contributed by atoms with E-state index in [1.54, 1.807) is 23.6 Å². The molecule has 6 heteroatoms. The maximum atomic E-state index is 12.4. The highest BCUT2D eigenvalue weighted by molar-refractivity contribution is 7.99. The number of carbonyl (C=O) groups is 1. The molecule has 140 valence electrons. The topological polar surface area (TPSA) is 56.1 Å². The van der Waals surface area contributed by atoms with Gasteiger partial charge in [-0.15, -0.1) is 0 Å². The zero-order valence-electron chi connectivity index (χ0n) is 15.4. The molecule has 2 aliphatic heterocycles. The van der Waals surface area contributed by atoms with Gasteiger partial charge >= 0.3 is 0 Å². The molecule has 0 saturated carbocycles. The molecule has 27 heavy (non-hydrogen) atoms. The molecule has 1 amide bonds. The van der Waals surface area contributed by atoms with Gasteiger partial charge in [0.25, 0.3) is 0 Å². The molecule has 0 unspecified atom stereocenters. The Balaban J connectivity index is 1.68. The van der Waals surface area contributed by atoms with E-state index in [1.165, 1.54) is 19.3 Å². The van der Waals surface area contributed by atoms with Gasteiger partial charge in [0.15, 0.2) is 0 Å². The fourth-order valence-electron chi connectivity index (χ4n) is 3.78. The fraction of sp³-hybridized carbons (Fsp3) is 0.333. The van der Waals surface area contributed by atoms with E-state index in [-0.39, 0.29) is 5.91 Å². The Morgan fingerprint density at radius 3 is 2.56 bits per heavy atom. The van der Waals surface area contributed by atoms with Gasteiger partial charge in [0.1, 0.15) is 5.71 Å². The van der Waals surface area contributed by atoms with Crippen molar-refractivity contribution in [2.24, 2.45) is 5.16 Å². The molecule has 0 aliphatic carbocycles. The molecular weight excluding hydrogens is 358 g/mol. The zero-order valence-corrected chi connectivity index (χ0v) is 16.2. The van der Waals surface area contributed by atoms with Crippen LogP contribution in [0.15, 0.2) is 57.4 Å². The molecule has 1 N–H and O–H groups in total.